The van der Waals surface area contributed by atoms with E-state index in [0.717, 1.165) is 17.8 Å². The molecule has 0 aliphatic heterocycles. The first-order valence-electron chi connectivity index (χ1n) is 6.15. The van der Waals surface area contributed by atoms with E-state index in [2.05, 4.69) is 20.8 Å². The zero-order chi connectivity index (χ0) is 16.3. The molecule has 0 aliphatic carbocycles. The Hall–Kier alpha value is -2.10. The van der Waals surface area contributed by atoms with Gasteiger partial charge in [-0.05, 0) is 29.5 Å². The van der Waals surface area contributed by atoms with E-state index in [9.17, 15) is 18.0 Å². The molecule has 0 aliphatic rings. The number of aryl methyl sites for hydroxylation is 1. The molecule has 1 aromatic carbocycles. The van der Waals surface area contributed by atoms with Crippen LogP contribution in [-0.4, -0.2) is 31.4 Å². The minimum absolute atomic E-state index is 0.274. The van der Waals surface area contributed by atoms with Crippen LogP contribution in [0.5, 0.6) is 0 Å². The van der Waals surface area contributed by atoms with Crippen LogP contribution in [0, 0.1) is 0 Å². The van der Waals surface area contributed by atoms with E-state index >= 15 is 0 Å². The monoisotopic (exact) mass is 331 g/mol. The average molecular weight is 331 g/mol. The summed E-state index contributed by atoms with van der Waals surface area (Å²) in [6, 6.07) is 4.82. The molecule has 1 amide bonds. The van der Waals surface area contributed by atoms with Crippen LogP contribution < -0.4 is 5.32 Å². The number of amides is 1. The predicted molar refractivity (Wildman–Crippen MR) is 74.2 cm³/mol. The van der Waals surface area contributed by atoms with Crippen LogP contribution in [0.3, 0.4) is 0 Å². The first kappa shape index (κ1) is 16.3. The lowest BCUT2D eigenvalue weighted by atomic mass is 10.1. The van der Waals surface area contributed by atoms with E-state index in [4.69, 9.17) is 0 Å². The Bertz CT molecular complexity index is 673. The fourth-order valence-electron chi connectivity index (χ4n) is 1.61. The van der Waals surface area contributed by atoms with Crippen molar-refractivity contribution >= 4 is 23.4 Å². The topological polar surface area (TPSA) is 72.7 Å². The van der Waals surface area contributed by atoms with Crippen molar-refractivity contribution in [1.82, 2.24) is 20.2 Å². The summed E-state index contributed by atoms with van der Waals surface area (Å²) in [4.78, 5) is 12.1. The molecule has 0 bridgehead atoms. The Morgan fingerprint density at radius 1 is 1.36 bits per heavy atom. The predicted octanol–water partition coefficient (Wildman–Crippen LogP) is 2.35. The van der Waals surface area contributed by atoms with Crippen molar-refractivity contribution in [2.75, 3.05) is 5.32 Å². The number of halogens is 3. The summed E-state index contributed by atoms with van der Waals surface area (Å²) in [7, 11) is 1.60. The van der Waals surface area contributed by atoms with E-state index in [0.29, 0.717) is 5.16 Å². The summed E-state index contributed by atoms with van der Waals surface area (Å²) in [6.45, 7) is 1.56. The van der Waals surface area contributed by atoms with Crippen molar-refractivity contribution < 1.29 is 18.0 Å². The maximum atomic E-state index is 12.9. The number of para-hydroxylation sites is 1. The van der Waals surface area contributed by atoms with Gasteiger partial charge in [-0.1, -0.05) is 23.9 Å². The molecule has 0 fully saturated rings. The van der Waals surface area contributed by atoms with Crippen molar-refractivity contribution in [2.24, 2.45) is 7.05 Å². The molecular weight excluding hydrogens is 319 g/mol. The largest absolute Gasteiger partial charge is 0.418 e. The number of benzene rings is 1. The number of tetrazole rings is 1. The SMILES string of the molecule is CC(Sc1nnnn1C)C(=O)Nc1ccccc1C(F)(F)F. The van der Waals surface area contributed by atoms with E-state index in [1.807, 2.05) is 0 Å². The number of aromatic nitrogens is 4. The van der Waals surface area contributed by atoms with Gasteiger partial charge in [0.1, 0.15) is 0 Å². The molecular formula is C12H12F3N5OS. The smallest absolute Gasteiger partial charge is 0.325 e. The normalized spacial score (nSPS) is 13.0. The zero-order valence-corrected chi connectivity index (χ0v) is 12.4. The van der Waals surface area contributed by atoms with Crippen LogP contribution in [0.15, 0.2) is 29.4 Å². The molecule has 0 saturated carbocycles. The summed E-state index contributed by atoms with van der Waals surface area (Å²) in [5.41, 5.74) is -1.16. The molecule has 2 aromatic rings. The number of nitrogens with zero attached hydrogens (tertiary/aromatic N) is 4. The average Bonchev–Trinajstić information content (AvgIpc) is 2.83. The number of anilines is 1. The molecule has 1 aromatic heterocycles. The molecule has 0 radical (unpaired) electrons. The molecule has 0 saturated heterocycles. The summed E-state index contributed by atoms with van der Waals surface area (Å²) in [5, 5.41) is 12.8. The summed E-state index contributed by atoms with van der Waals surface area (Å²) >= 11 is 1.05. The highest BCUT2D eigenvalue weighted by atomic mass is 32.2. The fourth-order valence-corrected chi connectivity index (χ4v) is 2.36. The number of hydrogen-bond acceptors (Lipinski definition) is 5. The Labute approximate surface area is 128 Å². The Morgan fingerprint density at radius 2 is 2.05 bits per heavy atom. The molecule has 118 valence electrons. The van der Waals surface area contributed by atoms with Crippen LogP contribution in [0.1, 0.15) is 12.5 Å². The molecule has 10 heteroatoms. The van der Waals surface area contributed by atoms with E-state index in [1.165, 1.54) is 22.9 Å². The van der Waals surface area contributed by atoms with Gasteiger partial charge in [0.05, 0.1) is 16.5 Å². The third kappa shape index (κ3) is 3.75. The second kappa shape index (κ2) is 6.34. The van der Waals surface area contributed by atoms with E-state index in [1.54, 1.807) is 14.0 Å². The quantitative estimate of drug-likeness (QED) is 0.871. The first-order valence-corrected chi connectivity index (χ1v) is 7.03. The lowest BCUT2D eigenvalue weighted by Crippen LogP contribution is -2.24. The van der Waals surface area contributed by atoms with Crippen LogP contribution in [0.2, 0.25) is 0 Å². The maximum Gasteiger partial charge on any atom is 0.418 e. The van der Waals surface area contributed by atoms with Gasteiger partial charge in [-0.25, -0.2) is 4.68 Å². The fraction of sp³-hybridized carbons (Fsp3) is 0.333. The summed E-state index contributed by atoms with van der Waals surface area (Å²) in [6.07, 6.45) is -4.53. The second-order valence-electron chi connectivity index (χ2n) is 4.38. The van der Waals surface area contributed by atoms with Crippen molar-refractivity contribution in [3.63, 3.8) is 0 Å². The maximum absolute atomic E-state index is 12.9. The molecule has 1 heterocycles. The number of hydrogen-bond donors (Lipinski definition) is 1. The highest BCUT2D eigenvalue weighted by Crippen LogP contribution is 2.34. The van der Waals surface area contributed by atoms with Gasteiger partial charge in [-0.3, -0.25) is 4.79 Å². The Balaban J connectivity index is 2.11. The van der Waals surface area contributed by atoms with Gasteiger partial charge in [-0.15, -0.1) is 5.10 Å². The minimum Gasteiger partial charge on any atom is -0.325 e. The third-order valence-corrected chi connectivity index (χ3v) is 3.85. The first-order chi connectivity index (χ1) is 10.3. The van der Waals surface area contributed by atoms with Crippen molar-refractivity contribution in [2.45, 2.75) is 23.5 Å². The standard InChI is InChI=1S/C12H12F3N5OS/c1-7(22-11-17-18-19-20(11)2)10(21)16-9-6-4-3-5-8(9)12(13,14)15/h3-7H,1-2H3,(H,16,21). The highest BCUT2D eigenvalue weighted by molar-refractivity contribution is 8.00. The molecule has 1 N–H and O–H groups in total. The van der Waals surface area contributed by atoms with Gasteiger partial charge in [-0.2, -0.15) is 13.2 Å². The molecule has 0 spiro atoms. The molecule has 1 unspecified atom stereocenters. The van der Waals surface area contributed by atoms with Crippen molar-refractivity contribution in [1.29, 1.82) is 0 Å². The van der Waals surface area contributed by atoms with Gasteiger partial charge in [0.25, 0.3) is 0 Å². The van der Waals surface area contributed by atoms with Crippen LogP contribution >= 0.6 is 11.8 Å². The lowest BCUT2D eigenvalue weighted by molar-refractivity contribution is -0.137. The van der Waals surface area contributed by atoms with Crippen molar-refractivity contribution in [3.05, 3.63) is 29.8 Å². The Kier molecular flexibility index (Phi) is 4.69. The number of carbonyl (C=O) groups is 1. The van der Waals surface area contributed by atoms with E-state index < -0.39 is 22.9 Å². The summed E-state index contributed by atoms with van der Waals surface area (Å²) in [5.74, 6) is -0.565. The van der Waals surface area contributed by atoms with Crippen LogP contribution in [-0.2, 0) is 18.0 Å². The molecule has 22 heavy (non-hydrogen) atoms. The van der Waals surface area contributed by atoms with Gasteiger partial charge in [0.15, 0.2) is 0 Å². The van der Waals surface area contributed by atoms with Crippen molar-refractivity contribution in [3.8, 4) is 0 Å². The number of carbonyl (C=O) groups excluding carboxylic acids is 1. The number of nitrogens with one attached hydrogen (secondary N) is 1. The third-order valence-electron chi connectivity index (χ3n) is 2.72. The number of alkyl halides is 3. The zero-order valence-electron chi connectivity index (χ0n) is 11.6. The number of thioether (sulfide) groups is 1. The summed E-state index contributed by atoms with van der Waals surface area (Å²) < 4.78 is 40.0. The van der Waals surface area contributed by atoms with Gasteiger partial charge < -0.3 is 5.32 Å². The van der Waals surface area contributed by atoms with Crippen LogP contribution in [0.4, 0.5) is 18.9 Å². The lowest BCUT2D eigenvalue weighted by Gasteiger charge is -2.15. The Morgan fingerprint density at radius 3 is 2.64 bits per heavy atom. The van der Waals surface area contributed by atoms with E-state index in [-0.39, 0.29) is 5.69 Å². The number of rotatable bonds is 4. The second-order valence-corrected chi connectivity index (χ2v) is 5.69. The van der Waals surface area contributed by atoms with Crippen LogP contribution in [0.25, 0.3) is 0 Å². The van der Waals surface area contributed by atoms with Gasteiger partial charge in [0, 0.05) is 7.05 Å². The minimum atomic E-state index is -4.53. The highest BCUT2D eigenvalue weighted by Gasteiger charge is 2.34. The molecule has 2 rings (SSSR count). The van der Waals surface area contributed by atoms with Gasteiger partial charge in [0.2, 0.25) is 11.1 Å². The van der Waals surface area contributed by atoms with Gasteiger partial charge >= 0.3 is 6.18 Å². The molecule has 1 atom stereocenters. The molecule has 6 nitrogen and oxygen atoms in total.